The Balaban J connectivity index is 1.84. The third-order valence-corrected chi connectivity index (χ3v) is 3.45. The molecule has 2 aromatic rings. The van der Waals surface area contributed by atoms with Crippen molar-refractivity contribution in [2.24, 2.45) is 0 Å². The molecule has 0 saturated heterocycles. The normalized spacial score (nSPS) is 10.2. The van der Waals surface area contributed by atoms with Gasteiger partial charge in [0.15, 0.2) is 0 Å². The summed E-state index contributed by atoms with van der Waals surface area (Å²) in [6.07, 6.45) is 3.45. The Morgan fingerprint density at radius 2 is 2.00 bits per heavy atom. The van der Waals surface area contributed by atoms with Crippen molar-refractivity contribution < 1.29 is 9.53 Å². The van der Waals surface area contributed by atoms with Crippen LogP contribution < -0.4 is 15.4 Å². The van der Waals surface area contributed by atoms with Crippen LogP contribution >= 0.6 is 0 Å². The van der Waals surface area contributed by atoms with E-state index in [-0.39, 0.29) is 5.91 Å². The maximum Gasteiger partial charge on any atom is 0.269 e. The number of benzene rings is 1. The second kappa shape index (κ2) is 8.78. The van der Waals surface area contributed by atoms with Crippen molar-refractivity contribution in [2.75, 3.05) is 25.5 Å². The molecule has 2 rings (SSSR count). The fraction of sp³-hybridized carbons (Fsp3) is 0.333. The van der Waals surface area contributed by atoms with Gasteiger partial charge in [-0.1, -0.05) is 25.1 Å². The minimum Gasteiger partial charge on any atom is -0.496 e. The monoisotopic (exact) mass is 313 g/mol. The van der Waals surface area contributed by atoms with Crippen LogP contribution in [0.25, 0.3) is 0 Å². The summed E-state index contributed by atoms with van der Waals surface area (Å²) in [6.45, 7) is 3.53. The fourth-order valence-corrected chi connectivity index (χ4v) is 2.21. The van der Waals surface area contributed by atoms with Crippen LogP contribution in [0.3, 0.4) is 0 Å². The molecule has 0 bridgehead atoms. The molecule has 0 saturated carbocycles. The van der Waals surface area contributed by atoms with Crippen LogP contribution in [-0.2, 0) is 6.42 Å². The van der Waals surface area contributed by atoms with Crippen LogP contribution in [-0.4, -0.2) is 31.1 Å². The van der Waals surface area contributed by atoms with E-state index < -0.39 is 0 Å². The van der Waals surface area contributed by atoms with Gasteiger partial charge in [-0.15, -0.1) is 0 Å². The number of para-hydroxylation sites is 1. The van der Waals surface area contributed by atoms with Gasteiger partial charge in [0.1, 0.15) is 11.4 Å². The van der Waals surface area contributed by atoms with Crippen LogP contribution in [0.15, 0.2) is 42.6 Å². The van der Waals surface area contributed by atoms with E-state index in [1.165, 1.54) is 0 Å². The topological polar surface area (TPSA) is 63.2 Å². The van der Waals surface area contributed by atoms with Gasteiger partial charge >= 0.3 is 0 Å². The van der Waals surface area contributed by atoms with Gasteiger partial charge in [-0.25, -0.2) is 4.98 Å². The summed E-state index contributed by atoms with van der Waals surface area (Å²) in [7, 11) is 1.65. The smallest absolute Gasteiger partial charge is 0.269 e. The van der Waals surface area contributed by atoms with Crippen molar-refractivity contribution in [3.05, 3.63) is 53.9 Å². The number of amides is 1. The van der Waals surface area contributed by atoms with E-state index in [4.69, 9.17) is 4.74 Å². The van der Waals surface area contributed by atoms with E-state index in [1.807, 2.05) is 30.3 Å². The van der Waals surface area contributed by atoms with Crippen molar-refractivity contribution in [1.82, 2.24) is 10.3 Å². The van der Waals surface area contributed by atoms with Gasteiger partial charge in [0, 0.05) is 13.1 Å². The zero-order valence-corrected chi connectivity index (χ0v) is 13.6. The summed E-state index contributed by atoms with van der Waals surface area (Å²) in [5, 5.41) is 6.11. The van der Waals surface area contributed by atoms with Crippen LogP contribution in [0, 0.1) is 0 Å². The second-order valence-corrected chi connectivity index (χ2v) is 5.18. The van der Waals surface area contributed by atoms with Gasteiger partial charge < -0.3 is 15.4 Å². The van der Waals surface area contributed by atoms with Gasteiger partial charge in [0.25, 0.3) is 5.91 Å². The van der Waals surface area contributed by atoms with E-state index in [0.717, 1.165) is 30.0 Å². The van der Waals surface area contributed by atoms with Gasteiger partial charge in [-0.05, 0) is 36.6 Å². The molecule has 0 aliphatic carbocycles. The number of anilines is 1. The number of methoxy groups -OCH3 is 1. The highest BCUT2D eigenvalue weighted by atomic mass is 16.5. The number of aromatic nitrogens is 1. The highest BCUT2D eigenvalue weighted by molar-refractivity contribution is 5.92. The first-order valence-electron chi connectivity index (χ1n) is 7.84. The average Bonchev–Trinajstić information content (AvgIpc) is 2.60. The summed E-state index contributed by atoms with van der Waals surface area (Å²) in [5.74, 6) is 0.674. The predicted molar refractivity (Wildman–Crippen MR) is 92.0 cm³/mol. The maximum atomic E-state index is 12.1. The van der Waals surface area contributed by atoms with Crippen molar-refractivity contribution in [3.8, 4) is 5.75 Å². The Morgan fingerprint density at radius 1 is 1.17 bits per heavy atom. The first-order valence-corrected chi connectivity index (χ1v) is 7.84. The summed E-state index contributed by atoms with van der Waals surface area (Å²) < 4.78 is 5.30. The van der Waals surface area contributed by atoms with Crippen molar-refractivity contribution in [3.63, 3.8) is 0 Å². The molecule has 0 fully saturated rings. The van der Waals surface area contributed by atoms with E-state index >= 15 is 0 Å². The Labute approximate surface area is 137 Å². The SMILES string of the molecule is CCCNc1ccc(C(=O)NCCc2ccccc2OC)nc1. The lowest BCUT2D eigenvalue weighted by Crippen LogP contribution is -2.26. The predicted octanol–water partition coefficient (Wildman–Crippen LogP) is 2.88. The fourth-order valence-electron chi connectivity index (χ4n) is 2.21. The first kappa shape index (κ1) is 16.8. The minimum atomic E-state index is -0.165. The molecule has 1 aromatic carbocycles. The number of nitrogens with one attached hydrogen (secondary N) is 2. The number of carbonyl (C=O) groups is 1. The molecule has 0 aliphatic heterocycles. The Morgan fingerprint density at radius 3 is 2.70 bits per heavy atom. The minimum absolute atomic E-state index is 0.165. The Kier molecular flexibility index (Phi) is 6.41. The van der Waals surface area contributed by atoms with Crippen LogP contribution in [0.5, 0.6) is 5.75 Å². The summed E-state index contributed by atoms with van der Waals surface area (Å²) in [5.41, 5.74) is 2.42. The second-order valence-electron chi connectivity index (χ2n) is 5.18. The quantitative estimate of drug-likeness (QED) is 0.786. The molecule has 122 valence electrons. The van der Waals surface area contributed by atoms with Crippen LogP contribution in [0.1, 0.15) is 29.4 Å². The molecule has 0 atom stereocenters. The standard InChI is InChI=1S/C18H23N3O2/c1-3-11-19-15-8-9-16(21-13-15)18(22)20-12-10-14-6-4-5-7-17(14)23-2/h4-9,13,19H,3,10-12H2,1-2H3,(H,20,22). The molecule has 0 radical (unpaired) electrons. The molecule has 1 amide bonds. The molecule has 23 heavy (non-hydrogen) atoms. The van der Waals surface area contributed by atoms with Gasteiger partial charge in [0.2, 0.25) is 0 Å². The molecular weight excluding hydrogens is 290 g/mol. The van der Waals surface area contributed by atoms with E-state index in [0.29, 0.717) is 18.7 Å². The zero-order chi connectivity index (χ0) is 16.5. The number of pyridine rings is 1. The largest absolute Gasteiger partial charge is 0.496 e. The summed E-state index contributed by atoms with van der Waals surface area (Å²) >= 11 is 0. The highest BCUT2D eigenvalue weighted by Gasteiger charge is 2.07. The van der Waals surface area contributed by atoms with E-state index in [1.54, 1.807) is 19.4 Å². The lowest BCUT2D eigenvalue weighted by molar-refractivity contribution is 0.0949. The van der Waals surface area contributed by atoms with E-state index in [9.17, 15) is 4.79 Å². The summed E-state index contributed by atoms with van der Waals surface area (Å²) in [6, 6.07) is 11.4. The van der Waals surface area contributed by atoms with Gasteiger partial charge in [0.05, 0.1) is 19.0 Å². The number of hydrogen-bond donors (Lipinski definition) is 2. The number of ether oxygens (including phenoxy) is 1. The van der Waals surface area contributed by atoms with Crippen molar-refractivity contribution >= 4 is 11.6 Å². The lowest BCUT2D eigenvalue weighted by Gasteiger charge is -2.09. The molecule has 0 unspecified atom stereocenters. The third kappa shape index (κ3) is 4.98. The molecule has 5 nitrogen and oxygen atoms in total. The first-order chi connectivity index (χ1) is 11.2. The van der Waals surface area contributed by atoms with Crippen molar-refractivity contribution in [2.45, 2.75) is 19.8 Å². The molecule has 1 heterocycles. The van der Waals surface area contributed by atoms with E-state index in [2.05, 4.69) is 22.5 Å². The molecule has 5 heteroatoms. The van der Waals surface area contributed by atoms with Gasteiger partial charge in [-0.3, -0.25) is 4.79 Å². The number of carbonyl (C=O) groups excluding carboxylic acids is 1. The molecule has 0 spiro atoms. The zero-order valence-electron chi connectivity index (χ0n) is 13.6. The Bertz CT molecular complexity index is 626. The molecule has 1 aromatic heterocycles. The summed E-state index contributed by atoms with van der Waals surface area (Å²) in [4.78, 5) is 16.3. The molecular formula is C18H23N3O2. The Hall–Kier alpha value is -2.56. The number of hydrogen-bond acceptors (Lipinski definition) is 4. The van der Waals surface area contributed by atoms with Gasteiger partial charge in [-0.2, -0.15) is 0 Å². The average molecular weight is 313 g/mol. The number of nitrogens with zero attached hydrogens (tertiary/aromatic N) is 1. The maximum absolute atomic E-state index is 12.1. The molecule has 2 N–H and O–H groups in total. The van der Waals surface area contributed by atoms with Crippen molar-refractivity contribution in [1.29, 1.82) is 0 Å². The molecule has 0 aliphatic rings. The van der Waals surface area contributed by atoms with Crippen LogP contribution in [0.4, 0.5) is 5.69 Å². The number of rotatable bonds is 8. The van der Waals surface area contributed by atoms with Crippen LogP contribution in [0.2, 0.25) is 0 Å². The lowest BCUT2D eigenvalue weighted by atomic mass is 10.1. The third-order valence-electron chi connectivity index (χ3n) is 3.45. The highest BCUT2D eigenvalue weighted by Crippen LogP contribution is 2.17.